The standard InChI is InChI=1S/C62H68N2/c1-5-9-45-63(46-10-6-2)55-39-33-49(34-40-55)37-43-57-59(51-25-17-13-18-26-51)61(53-29-21-15-22-30-53)58(62(54-31-23-16-24-32-54)60(57)52-27-19-14-20-28-52)44-38-50-35-41-56(42-36-50)64(47-11-7-3)48-12-8-4/h13-44H,5-12,45-48H2,1-4H3/b43-37+,44-38+. The number of rotatable bonds is 22. The normalized spacial score (nSPS) is 11.4. The van der Waals surface area contributed by atoms with E-state index in [0.29, 0.717) is 0 Å². The summed E-state index contributed by atoms with van der Waals surface area (Å²) in [5.74, 6) is 0. The molecule has 0 aromatic heterocycles. The molecule has 0 radical (unpaired) electrons. The minimum atomic E-state index is 1.10. The number of hydrogen-bond donors (Lipinski definition) is 0. The predicted molar refractivity (Wildman–Crippen MR) is 283 cm³/mol. The smallest absolute Gasteiger partial charge is 0.0366 e. The summed E-state index contributed by atoms with van der Waals surface area (Å²) >= 11 is 0. The highest BCUT2D eigenvalue weighted by Crippen LogP contribution is 2.50. The van der Waals surface area contributed by atoms with Gasteiger partial charge in [-0.05, 0) is 117 Å². The van der Waals surface area contributed by atoms with Gasteiger partial charge in [-0.25, -0.2) is 0 Å². The average Bonchev–Trinajstić information content (AvgIpc) is 3.36. The Morgan fingerprint density at radius 2 is 0.547 bits per heavy atom. The fourth-order valence-electron chi connectivity index (χ4n) is 8.83. The third kappa shape index (κ3) is 11.6. The van der Waals surface area contributed by atoms with Gasteiger partial charge in [0.05, 0.1) is 0 Å². The van der Waals surface area contributed by atoms with E-state index in [2.05, 4.69) is 232 Å². The van der Waals surface area contributed by atoms with Crippen LogP contribution in [-0.4, -0.2) is 26.2 Å². The van der Waals surface area contributed by atoms with E-state index in [0.717, 1.165) is 26.2 Å². The summed E-state index contributed by atoms with van der Waals surface area (Å²) in [6.07, 6.45) is 19.1. The van der Waals surface area contributed by atoms with E-state index in [1.807, 2.05) is 0 Å². The molecule has 0 aliphatic carbocycles. The third-order valence-electron chi connectivity index (χ3n) is 12.4. The minimum Gasteiger partial charge on any atom is -0.372 e. The van der Waals surface area contributed by atoms with Crippen LogP contribution in [0.3, 0.4) is 0 Å². The number of unbranched alkanes of at least 4 members (excludes halogenated alkanes) is 4. The summed E-state index contributed by atoms with van der Waals surface area (Å²) in [5, 5.41) is 0. The second-order valence-corrected chi connectivity index (χ2v) is 17.0. The second kappa shape index (κ2) is 23.9. The van der Waals surface area contributed by atoms with Gasteiger partial charge in [-0.2, -0.15) is 0 Å². The van der Waals surface area contributed by atoms with Crippen molar-refractivity contribution >= 4 is 35.7 Å². The molecular formula is C62H68N2. The Bertz CT molecular complexity index is 2200. The van der Waals surface area contributed by atoms with Crippen molar-refractivity contribution in [2.24, 2.45) is 0 Å². The molecule has 0 aliphatic heterocycles. The molecule has 64 heavy (non-hydrogen) atoms. The van der Waals surface area contributed by atoms with Crippen LogP contribution < -0.4 is 9.80 Å². The van der Waals surface area contributed by atoms with Crippen LogP contribution in [0.4, 0.5) is 11.4 Å². The Labute approximate surface area is 385 Å². The molecule has 0 atom stereocenters. The van der Waals surface area contributed by atoms with Crippen molar-refractivity contribution in [2.75, 3.05) is 36.0 Å². The maximum absolute atomic E-state index is 2.57. The van der Waals surface area contributed by atoms with E-state index < -0.39 is 0 Å². The van der Waals surface area contributed by atoms with Crippen LogP contribution >= 0.6 is 0 Å². The summed E-state index contributed by atoms with van der Waals surface area (Å²) in [6, 6.07) is 62.6. The lowest BCUT2D eigenvalue weighted by Gasteiger charge is -2.26. The molecule has 0 saturated carbocycles. The first-order chi connectivity index (χ1) is 31.6. The first-order valence-electron chi connectivity index (χ1n) is 24.1. The maximum Gasteiger partial charge on any atom is 0.0366 e. The minimum absolute atomic E-state index is 1.10. The van der Waals surface area contributed by atoms with Crippen molar-refractivity contribution in [3.05, 3.63) is 192 Å². The summed E-state index contributed by atoms with van der Waals surface area (Å²) in [5.41, 5.74) is 17.0. The van der Waals surface area contributed by atoms with Gasteiger partial charge in [0.1, 0.15) is 0 Å². The lowest BCUT2D eigenvalue weighted by molar-refractivity contribution is 0.678. The Balaban J connectivity index is 1.48. The lowest BCUT2D eigenvalue weighted by Crippen LogP contribution is -2.25. The van der Waals surface area contributed by atoms with Crippen LogP contribution in [0.15, 0.2) is 170 Å². The van der Waals surface area contributed by atoms with Gasteiger partial charge >= 0.3 is 0 Å². The van der Waals surface area contributed by atoms with Gasteiger partial charge in [-0.1, -0.05) is 223 Å². The largest absolute Gasteiger partial charge is 0.372 e. The molecule has 7 rings (SSSR count). The van der Waals surface area contributed by atoms with Gasteiger partial charge in [0, 0.05) is 37.6 Å². The van der Waals surface area contributed by atoms with E-state index in [9.17, 15) is 0 Å². The molecule has 7 aromatic rings. The Kier molecular flexibility index (Phi) is 17.0. The van der Waals surface area contributed by atoms with Gasteiger partial charge < -0.3 is 9.80 Å². The molecule has 0 fully saturated rings. The predicted octanol–water partition coefficient (Wildman–Crippen LogP) is 17.5. The molecule has 2 nitrogen and oxygen atoms in total. The van der Waals surface area contributed by atoms with Crippen LogP contribution in [0, 0.1) is 0 Å². The molecule has 0 N–H and O–H groups in total. The van der Waals surface area contributed by atoms with E-state index >= 15 is 0 Å². The highest BCUT2D eigenvalue weighted by Gasteiger charge is 2.25. The molecule has 2 heteroatoms. The van der Waals surface area contributed by atoms with E-state index in [1.54, 1.807) is 0 Å². The molecule has 7 aromatic carbocycles. The number of nitrogens with zero attached hydrogens (tertiary/aromatic N) is 2. The second-order valence-electron chi connectivity index (χ2n) is 17.0. The van der Waals surface area contributed by atoms with Crippen LogP contribution in [0.2, 0.25) is 0 Å². The molecular weight excluding hydrogens is 773 g/mol. The molecule has 326 valence electrons. The third-order valence-corrected chi connectivity index (χ3v) is 12.4. The number of benzene rings is 7. The zero-order valence-electron chi connectivity index (χ0n) is 38.9. The molecule has 0 heterocycles. The topological polar surface area (TPSA) is 6.48 Å². The van der Waals surface area contributed by atoms with Gasteiger partial charge in [0.15, 0.2) is 0 Å². The van der Waals surface area contributed by atoms with Crippen LogP contribution in [-0.2, 0) is 0 Å². The maximum atomic E-state index is 2.57. The van der Waals surface area contributed by atoms with Crippen molar-refractivity contribution in [3.63, 3.8) is 0 Å². The summed E-state index contributed by atoms with van der Waals surface area (Å²) in [7, 11) is 0. The summed E-state index contributed by atoms with van der Waals surface area (Å²) in [6.45, 7) is 13.5. The molecule has 0 saturated heterocycles. The fourth-order valence-corrected chi connectivity index (χ4v) is 8.83. The lowest BCUT2D eigenvalue weighted by atomic mass is 9.77. The van der Waals surface area contributed by atoms with Crippen LogP contribution in [0.5, 0.6) is 0 Å². The van der Waals surface area contributed by atoms with Crippen molar-refractivity contribution in [3.8, 4) is 44.5 Å². The van der Waals surface area contributed by atoms with Gasteiger partial charge in [-0.15, -0.1) is 0 Å². The first-order valence-corrected chi connectivity index (χ1v) is 24.1. The monoisotopic (exact) mass is 841 g/mol. The zero-order chi connectivity index (χ0) is 44.4. The Hall–Kier alpha value is -6.38. The molecule has 0 bridgehead atoms. The first kappa shape index (κ1) is 45.6. The number of anilines is 2. The number of hydrogen-bond acceptors (Lipinski definition) is 2. The highest BCUT2D eigenvalue weighted by atomic mass is 15.1. The fraction of sp³-hybridized carbons (Fsp3) is 0.258. The Morgan fingerprint density at radius 3 is 0.781 bits per heavy atom. The van der Waals surface area contributed by atoms with Crippen molar-refractivity contribution in [2.45, 2.75) is 79.1 Å². The van der Waals surface area contributed by atoms with Gasteiger partial charge in [-0.3, -0.25) is 0 Å². The van der Waals surface area contributed by atoms with Gasteiger partial charge in [0.2, 0.25) is 0 Å². The summed E-state index contributed by atoms with van der Waals surface area (Å²) < 4.78 is 0. The van der Waals surface area contributed by atoms with Crippen molar-refractivity contribution in [1.82, 2.24) is 0 Å². The highest BCUT2D eigenvalue weighted by molar-refractivity contribution is 6.09. The quantitative estimate of drug-likeness (QED) is 0.0628. The molecule has 0 spiro atoms. The van der Waals surface area contributed by atoms with Crippen LogP contribution in [0.1, 0.15) is 101 Å². The molecule has 0 unspecified atom stereocenters. The Morgan fingerprint density at radius 1 is 0.297 bits per heavy atom. The van der Waals surface area contributed by atoms with Crippen molar-refractivity contribution < 1.29 is 0 Å². The van der Waals surface area contributed by atoms with E-state index in [1.165, 1.54) is 130 Å². The van der Waals surface area contributed by atoms with Crippen molar-refractivity contribution in [1.29, 1.82) is 0 Å². The van der Waals surface area contributed by atoms with Gasteiger partial charge in [0.25, 0.3) is 0 Å². The SMILES string of the molecule is CCCCN(CCCC)c1ccc(/C=C/c2c(-c3ccccc3)c(-c3ccccc3)c(/C=C/c3ccc(N(CCCC)CCCC)cc3)c(-c3ccccc3)c2-c2ccccc2)cc1. The molecule has 0 amide bonds. The average molecular weight is 841 g/mol. The van der Waals surface area contributed by atoms with E-state index in [4.69, 9.17) is 0 Å². The zero-order valence-corrected chi connectivity index (χ0v) is 38.9. The van der Waals surface area contributed by atoms with E-state index in [-0.39, 0.29) is 0 Å². The van der Waals surface area contributed by atoms with Crippen LogP contribution in [0.25, 0.3) is 68.8 Å². The summed E-state index contributed by atoms with van der Waals surface area (Å²) in [4.78, 5) is 5.13. The molecule has 0 aliphatic rings.